The maximum absolute atomic E-state index is 12.0. The smallest absolute Gasteiger partial charge is 0.309 e. The number of piperidine rings is 1. The van der Waals surface area contributed by atoms with E-state index in [-0.39, 0.29) is 24.8 Å². The molecule has 114 valence electrons. The van der Waals surface area contributed by atoms with Gasteiger partial charge in [-0.25, -0.2) is 0 Å². The molecule has 0 aromatic rings. The van der Waals surface area contributed by atoms with Gasteiger partial charge in [0.1, 0.15) is 0 Å². The van der Waals surface area contributed by atoms with Crippen LogP contribution < -0.4 is 5.73 Å². The number of nitrogens with two attached hydrogens (primary N) is 1. The molecule has 1 heterocycles. The quantitative estimate of drug-likeness (QED) is 0.631. The molecule has 0 aromatic heterocycles. The second-order valence-corrected chi connectivity index (χ2v) is 5.40. The molecule has 0 spiro atoms. The van der Waals surface area contributed by atoms with Crippen molar-refractivity contribution in [2.75, 3.05) is 19.6 Å². The molecule has 0 aromatic carbocycles. The Bertz CT molecular complexity index is 385. The van der Waals surface area contributed by atoms with Gasteiger partial charge in [-0.3, -0.25) is 14.4 Å². The van der Waals surface area contributed by atoms with E-state index in [0.29, 0.717) is 25.9 Å². The van der Waals surface area contributed by atoms with Crippen LogP contribution >= 0.6 is 0 Å². The SMILES string of the molecule is CC(CN)CCC(=O)N1CCC(C(=O)O)C(C(=O)O)C1. The van der Waals surface area contributed by atoms with Crippen molar-refractivity contribution in [3.05, 3.63) is 0 Å². The van der Waals surface area contributed by atoms with Crippen LogP contribution in [0.25, 0.3) is 0 Å². The Balaban J connectivity index is 2.60. The number of carboxylic acids is 2. The van der Waals surface area contributed by atoms with Gasteiger partial charge in [0.05, 0.1) is 11.8 Å². The van der Waals surface area contributed by atoms with Crippen LogP contribution in [0, 0.1) is 17.8 Å². The number of rotatable bonds is 6. The molecule has 1 saturated heterocycles. The van der Waals surface area contributed by atoms with Crippen LogP contribution in [-0.4, -0.2) is 52.6 Å². The average Bonchev–Trinajstić information content (AvgIpc) is 2.43. The maximum atomic E-state index is 12.0. The Labute approximate surface area is 117 Å². The van der Waals surface area contributed by atoms with E-state index in [1.54, 1.807) is 0 Å². The summed E-state index contributed by atoms with van der Waals surface area (Å²) in [4.78, 5) is 35.6. The van der Waals surface area contributed by atoms with Crippen molar-refractivity contribution in [1.82, 2.24) is 4.90 Å². The third-order valence-corrected chi connectivity index (χ3v) is 3.85. The van der Waals surface area contributed by atoms with Gasteiger partial charge in [0, 0.05) is 19.5 Å². The summed E-state index contributed by atoms with van der Waals surface area (Å²) < 4.78 is 0. The Morgan fingerprint density at radius 1 is 1.25 bits per heavy atom. The fourth-order valence-corrected chi connectivity index (χ4v) is 2.37. The molecule has 1 amide bonds. The Hall–Kier alpha value is -1.63. The summed E-state index contributed by atoms with van der Waals surface area (Å²) in [6.07, 6.45) is 1.17. The van der Waals surface area contributed by atoms with Crippen molar-refractivity contribution < 1.29 is 24.6 Å². The highest BCUT2D eigenvalue weighted by Crippen LogP contribution is 2.25. The monoisotopic (exact) mass is 286 g/mol. The number of likely N-dealkylation sites (tertiary alicyclic amines) is 1. The van der Waals surface area contributed by atoms with Gasteiger partial charge in [-0.2, -0.15) is 0 Å². The first-order valence-electron chi connectivity index (χ1n) is 6.80. The van der Waals surface area contributed by atoms with Crippen LogP contribution in [-0.2, 0) is 14.4 Å². The fraction of sp³-hybridized carbons (Fsp3) is 0.769. The topological polar surface area (TPSA) is 121 Å². The summed E-state index contributed by atoms with van der Waals surface area (Å²) in [5.74, 6) is -4.10. The minimum absolute atomic E-state index is 0.0257. The highest BCUT2D eigenvalue weighted by atomic mass is 16.4. The highest BCUT2D eigenvalue weighted by Gasteiger charge is 2.39. The van der Waals surface area contributed by atoms with E-state index in [9.17, 15) is 14.4 Å². The highest BCUT2D eigenvalue weighted by molar-refractivity contribution is 5.82. The van der Waals surface area contributed by atoms with Crippen molar-refractivity contribution in [3.63, 3.8) is 0 Å². The number of hydrogen-bond acceptors (Lipinski definition) is 4. The van der Waals surface area contributed by atoms with Crippen molar-refractivity contribution in [2.24, 2.45) is 23.5 Å². The van der Waals surface area contributed by atoms with Gasteiger partial charge in [0.2, 0.25) is 5.91 Å². The van der Waals surface area contributed by atoms with Crippen molar-refractivity contribution in [2.45, 2.75) is 26.2 Å². The van der Waals surface area contributed by atoms with Crippen molar-refractivity contribution in [3.8, 4) is 0 Å². The van der Waals surface area contributed by atoms with Gasteiger partial charge in [0.15, 0.2) is 0 Å². The second kappa shape index (κ2) is 7.23. The van der Waals surface area contributed by atoms with Crippen LogP contribution in [0.5, 0.6) is 0 Å². The largest absolute Gasteiger partial charge is 0.481 e. The van der Waals surface area contributed by atoms with Gasteiger partial charge in [0.25, 0.3) is 0 Å². The van der Waals surface area contributed by atoms with Gasteiger partial charge < -0.3 is 20.8 Å². The molecule has 1 aliphatic heterocycles. The Morgan fingerprint density at radius 2 is 1.85 bits per heavy atom. The molecule has 0 saturated carbocycles. The lowest BCUT2D eigenvalue weighted by Gasteiger charge is -2.34. The molecule has 1 fully saturated rings. The van der Waals surface area contributed by atoms with E-state index in [1.165, 1.54) is 4.90 Å². The normalized spacial score (nSPS) is 24.2. The lowest BCUT2D eigenvalue weighted by Crippen LogP contribution is -2.48. The van der Waals surface area contributed by atoms with Crippen LogP contribution in [0.3, 0.4) is 0 Å². The number of carbonyl (C=O) groups is 3. The third kappa shape index (κ3) is 4.19. The number of carboxylic acid groups (broad SMARTS) is 2. The predicted molar refractivity (Wildman–Crippen MR) is 70.9 cm³/mol. The average molecular weight is 286 g/mol. The summed E-state index contributed by atoms with van der Waals surface area (Å²) in [6, 6.07) is 0. The molecular formula is C13H22N2O5. The molecule has 20 heavy (non-hydrogen) atoms. The van der Waals surface area contributed by atoms with E-state index in [4.69, 9.17) is 15.9 Å². The molecule has 1 aliphatic rings. The number of hydrogen-bond donors (Lipinski definition) is 3. The van der Waals surface area contributed by atoms with E-state index < -0.39 is 23.8 Å². The van der Waals surface area contributed by atoms with Crippen molar-refractivity contribution in [1.29, 1.82) is 0 Å². The lowest BCUT2D eigenvalue weighted by atomic mass is 9.85. The molecule has 7 nitrogen and oxygen atoms in total. The van der Waals surface area contributed by atoms with Gasteiger partial charge in [-0.15, -0.1) is 0 Å². The van der Waals surface area contributed by atoms with Crippen LogP contribution in [0.4, 0.5) is 0 Å². The molecular weight excluding hydrogens is 264 g/mol. The predicted octanol–water partition coefficient (Wildman–Crippen LogP) is -0.00470. The zero-order chi connectivity index (χ0) is 15.3. The summed E-state index contributed by atoms with van der Waals surface area (Å²) in [6.45, 7) is 2.73. The summed E-state index contributed by atoms with van der Waals surface area (Å²) in [5.41, 5.74) is 5.48. The van der Waals surface area contributed by atoms with Gasteiger partial charge >= 0.3 is 11.9 Å². The van der Waals surface area contributed by atoms with Crippen LogP contribution in [0.1, 0.15) is 26.2 Å². The maximum Gasteiger partial charge on any atom is 0.309 e. The van der Waals surface area contributed by atoms with E-state index in [2.05, 4.69) is 0 Å². The van der Waals surface area contributed by atoms with Gasteiger partial charge in [-0.1, -0.05) is 6.92 Å². The summed E-state index contributed by atoms with van der Waals surface area (Å²) >= 11 is 0. The first-order valence-corrected chi connectivity index (χ1v) is 6.80. The Morgan fingerprint density at radius 3 is 2.35 bits per heavy atom. The first kappa shape index (κ1) is 16.4. The molecule has 0 radical (unpaired) electrons. The molecule has 7 heteroatoms. The minimum Gasteiger partial charge on any atom is -0.481 e. The zero-order valence-corrected chi connectivity index (χ0v) is 11.6. The standard InChI is InChI=1S/C13H22N2O5/c1-8(6-14)2-3-11(16)15-5-4-9(12(17)18)10(7-15)13(19)20/h8-10H,2-7,14H2,1H3,(H,17,18)(H,19,20). The molecule has 1 rings (SSSR count). The van der Waals surface area contributed by atoms with E-state index in [0.717, 1.165) is 0 Å². The Kier molecular flexibility index (Phi) is 5.94. The molecule has 3 unspecified atom stereocenters. The number of aliphatic carboxylic acids is 2. The van der Waals surface area contributed by atoms with Crippen molar-refractivity contribution >= 4 is 17.8 Å². The fourth-order valence-electron chi connectivity index (χ4n) is 2.37. The molecule has 0 aliphatic carbocycles. The zero-order valence-electron chi connectivity index (χ0n) is 11.6. The number of nitrogens with zero attached hydrogens (tertiary/aromatic N) is 1. The minimum atomic E-state index is -1.16. The third-order valence-electron chi connectivity index (χ3n) is 3.85. The summed E-state index contributed by atoms with van der Waals surface area (Å²) in [5, 5.41) is 18.1. The molecule has 3 atom stereocenters. The van der Waals surface area contributed by atoms with Gasteiger partial charge in [-0.05, 0) is 25.3 Å². The number of amides is 1. The summed E-state index contributed by atoms with van der Waals surface area (Å²) in [7, 11) is 0. The van der Waals surface area contributed by atoms with E-state index in [1.807, 2.05) is 6.92 Å². The molecule has 0 bridgehead atoms. The first-order chi connectivity index (χ1) is 9.36. The molecule has 4 N–H and O–H groups in total. The second-order valence-electron chi connectivity index (χ2n) is 5.40. The van der Waals surface area contributed by atoms with E-state index >= 15 is 0 Å². The van der Waals surface area contributed by atoms with Crippen LogP contribution in [0.2, 0.25) is 0 Å². The lowest BCUT2D eigenvalue weighted by molar-refractivity contribution is -0.159. The number of carbonyl (C=O) groups excluding carboxylic acids is 1. The van der Waals surface area contributed by atoms with Crippen LogP contribution in [0.15, 0.2) is 0 Å².